The van der Waals surface area contributed by atoms with Crippen molar-refractivity contribution in [1.82, 2.24) is 0 Å². The van der Waals surface area contributed by atoms with Crippen molar-refractivity contribution in [3.63, 3.8) is 0 Å². The molecular weight excluding hydrogens is 322 g/mol. The summed E-state index contributed by atoms with van der Waals surface area (Å²) in [5.41, 5.74) is 7.09. The number of hydrogen-bond donors (Lipinski definition) is 2. The molecule has 0 aromatic heterocycles. The van der Waals surface area contributed by atoms with Gasteiger partial charge in [-0.1, -0.05) is 12.1 Å². The maximum absolute atomic E-state index is 13.1. The van der Waals surface area contributed by atoms with Crippen molar-refractivity contribution in [2.24, 2.45) is 0 Å². The quantitative estimate of drug-likeness (QED) is 0.628. The minimum atomic E-state index is -4.95. The van der Waals surface area contributed by atoms with Crippen molar-refractivity contribution < 1.29 is 26.3 Å². The van der Waals surface area contributed by atoms with Gasteiger partial charge in [0.25, 0.3) is 0 Å². The summed E-state index contributed by atoms with van der Waals surface area (Å²) in [7, 11) is 0. The average Bonchev–Trinajstić information content (AvgIpc) is 2.40. The largest absolute Gasteiger partial charge is 0.416 e. The zero-order valence-corrected chi connectivity index (χ0v) is 11.6. The summed E-state index contributed by atoms with van der Waals surface area (Å²) in [4.78, 5) is 0. The predicted octanol–water partition coefficient (Wildman–Crippen LogP) is 4.48. The molecular formula is C15H12F6N2. The van der Waals surface area contributed by atoms with Crippen LogP contribution in [0.15, 0.2) is 36.4 Å². The van der Waals surface area contributed by atoms with Crippen LogP contribution in [0.1, 0.15) is 22.3 Å². The van der Waals surface area contributed by atoms with Crippen molar-refractivity contribution >= 4 is 11.4 Å². The molecule has 8 heteroatoms. The number of hydrogen-bond acceptors (Lipinski definition) is 2. The van der Waals surface area contributed by atoms with Gasteiger partial charge < -0.3 is 11.5 Å². The van der Waals surface area contributed by atoms with E-state index < -0.39 is 41.2 Å². The van der Waals surface area contributed by atoms with Gasteiger partial charge in [0.2, 0.25) is 0 Å². The van der Waals surface area contributed by atoms with E-state index in [9.17, 15) is 26.3 Å². The molecule has 0 aliphatic carbocycles. The molecule has 4 N–H and O–H groups in total. The van der Waals surface area contributed by atoms with Gasteiger partial charge >= 0.3 is 12.4 Å². The van der Waals surface area contributed by atoms with Crippen LogP contribution in [0.2, 0.25) is 0 Å². The first-order valence-corrected chi connectivity index (χ1v) is 6.39. The molecule has 0 unspecified atom stereocenters. The lowest BCUT2D eigenvalue weighted by Crippen LogP contribution is -2.17. The van der Waals surface area contributed by atoms with Crippen molar-refractivity contribution in [3.05, 3.63) is 58.7 Å². The Labute approximate surface area is 127 Å². The Kier molecular flexibility index (Phi) is 4.19. The SMILES string of the molecule is Nc1ccc(Cc2c(C(F)(F)F)cc(N)cc2C(F)(F)F)cc1. The van der Waals surface area contributed by atoms with E-state index in [0.717, 1.165) is 0 Å². The minimum absolute atomic E-state index is 0.278. The average molecular weight is 334 g/mol. The van der Waals surface area contributed by atoms with Crippen LogP contribution in [0.3, 0.4) is 0 Å². The third-order valence-electron chi connectivity index (χ3n) is 3.24. The van der Waals surface area contributed by atoms with Gasteiger partial charge in [0.1, 0.15) is 0 Å². The van der Waals surface area contributed by atoms with Crippen LogP contribution >= 0.6 is 0 Å². The monoisotopic (exact) mass is 334 g/mol. The van der Waals surface area contributed by atoms with E-state index in [0.29, 0.717) is 17.8 Å². The van der Waals surface area contributed by atoms with Gasteiger partial charge in [-0.15, -0.1) is 0 Å². The van der Waals surface area contributed by atoms with Crippen LogP contribution < -0.4 is 11.5 Å². The predicted molar refractivity (Wildman–Crippen MR) is 74.5 cm³/mol. The molecule has 0 heterocycles. The van der Waals surface area contributed by atoms with Gasteiger partial charge in [-0.25, -0.2) is 0 Å². The first-order chi connectivity index (χ1) is 10.5. The van der Waals surface area contributed by atoms with E-state index in [-0.39, 0.29) is 5.56 Å². The topological polar surface area (TPSA) is 52.0 Å². The summed E-state index contributed by atoms with van der Waals surface area (Å²) >= 11 is 0. The molecule has 0 spiro atoms. The molecule has 0 saturated heterocycles. The maximum atomic E-state index is 13.1. The Balaban J connectivity index is 2.64. The van der Waals surface area contributed by atoms with E-state index in [1.54, 1.807) is 0 Å². The first-order valence-electron chi connectivity index (χ1n) is 6.39. The highest BCUT2D eigenvalue weighted by Crippen LogP contribution is 2.41. The number of rotatable bonds is 2. The Morgan fingerprint density at radius 3 is 1.52 bits per heavy atom. The molecule has 0 atom stereocenters. The van der Waals surface area contributed by atoms with Gasteiger partial charge in [0, 0.05) is 11.4 Å². The second-order valence-electron chi connectivity index (χ2n) is 5.01. The fourth-order valence-corrected chi connectivity index (χ4v) is 2.23. The van der Waals surface area contributed by atoms with Crippen LogP contribution in [-0.4, -0.2) is 0 Å². The molecule has 0 aliphatic rings. The normalized spacial score (nSPS) is 12.4. The zero-order chi connectivity index (χ0) is 17.4. The molecule has 124 valence electrons. The molecule has 0 aliphatic heterocycles. The fraction of sp³-hybridized carbons (Fsp3) is 0.200. The number of nitrogen functional groups attached to an aromatic ring is 2. The van der Waals surface area contributed by atoms with E-state index in [1.807, 2.05) is 0 Å². The van der Waals surface area contributed by atoms with Crippen LogP contribution in [0.25, 0.3) is 0 Å². The lowest BCUT2D eigenvalue weighted by Gasteiger charge is -2.20. The molecule has 0 bridgehead atoms. The lowest BCUT2D eigenvalue weighted by atomic mass is 9.93. The second-order valence-corrected chi connectivity index (χ2v) is 5.01. The highest BCUT2D eigenvalue weighted by atomic mass is 19.4. The standard InChI is InChI=1S/C15H12F6N2/c16-14(17,18)12-6-10(23)7-13(15(19,20)21)11(12)5-8-1-3-9(22)4-2-8/h1-4,6-7H,5,22-23H2. The molecule has 0 fully saturated rings. The molecule has 0 amide bonds. The highest BCUT2D eigenvalue weighted by Gasteiger charge is 2.41. The van der Waals surface area contributed by atoms with Gasteiger partial charge in [0.05, 0.1) is 11.1 Å². The molecule has 23 heavy (non-hydrogen) atoms. The fourth-order valence-electron chi connectivity index (χ4n) is 2.23. The Morgan fingerprint density at radius 1 is 0.696 bits per heavy atom. The molecule has 0 saturated carbocycles. The number of alkyl halides is 6. The van der Waals surface area contributed by atoms with Crippen LogP contribution in [0, 0.1) is 0 Å². The highest BCUT2D eigenvalue weighted by molar-refractivity contribution is 5.53. The van der Waals surface area contributed by atoms with E-state index in [4.69, 9.17) is 11.5 Å². The first kappa shape index (κ1) is 17.0. The number of halogens is 6. The Hall–Kier alpha value is -2.38. The van der Waals surface area contributed by atoms with Gasteiger partial charge in [-0.2, -0.15) is 26.3 Å². The van der Waals surface area contributed by atoms with Crippen LogP contribution in [-0.2, 0) is 18.8 Å². The molecule has 2 aromatic rings. The zero-order valence-electron chi connectivity index (χ0n) is 11.6. The van der Waals surface area contributed by atoms with E-state index in [1.165, 1.54) is 24.3 Å². The van der Waals surface area contributed by atoms with Crippen molar-refractivity contribution in [2.75, 3.05) is 11.5 Å². The molecule has 2 aromatic carbocycles. The van der Waals surface area contributed by atoms with Crippen molar-refractivity contribution in [3.8, 4) is 0 Å². The summed E-state index contributed by atoms with van der Waals surface area (Å²) < 4.78 is 78.7. The van der Waals surface area contributed by atoms with E-state index >= 15 is 0 Å². The summed E-state index contributed by atoms with van der Waals surface area (Å²) in [5, 5.41) is 0. The van der Waals surface area contributed by atoms with Gasteiger partial charge in [-0.05, 0) is 41.8 Å². The third-order valence-corrected chi connectivity index (χ3v) is 3.24. The number of nitrogens with two attached hydrogens (primary N) is 2. The summed E-state index contributed by atoms with van der Waals surface area (Å²) in [6.45, 7) is 0. The van der Waals surface area contributed by atoms with E-state index in [2.05, 4.69) is 0 Å². The van der Waals surface area contributed by atoms with Crippen molar-refractivity contribution in [1.29, 1.82) is 0 Å². The number of anilines is 2. The van der Waals surface area contributed by atoms with Gasteiger partial charge in [-0.3, -0.25) is 0 Å². The summed E-state index contributed by atoms with van der Waals surface area (Å²) in [6.07, 6.45) is -10.4. The Bertz CT molecular complexity index is 666. The molecule has 0 radical (unpaired) electrons. The summed E-state index contributed by atoms with van der Waals surface area (Å²) in [6, 6.07) is 6.61. The Morgan fingerprint density at radius 2 is 1.13 bits per heavy atom. The summed E-state index contributed by atoms with van der Waals surface area (Å²) in [5.74, 6) is 0. The van der Waals surface area contributed by atoms with Crippen LogP contribution in [0.4, 0.5) is 37.7 Å². The molecule has 2 nitrogen and oxygen atoms in total. The van der Waals surface area contributed by atoms with Crippen molar-refractivity contribution in [2.45, 2.75) is 18.8 Å². The molecule has 2 rings (SSSR count). The van der Waals surface area contributed by atoms with Gasteiger partial charge in [0.15, 0.2) is 0 Å². The minimum Gasteiger partial charge on any atom is -0.399 e. The smallest absolute Gasteiger partial charge is 0.399 e. The number of benzene rings is 2. The maximum Gasteiger partial charge on any atom is 0.416 e. The second kappa shape index (κ2) is 5.68. The lowest BCUT2D eigenvalue weighted by molar-refractivity contribution is -0.144. The third kappa shape index (κ3) is 3.88. The van der Waals surface area contributed by atoms with Crippen LogP contribution in [0.5, 0.6) is 0 Å².